The highest BCUT2D eigenvalue weighted by molar-refractivity contribution is 5.76. The minimum Gasteiger partial charge on any atom is -0.493 e. The molecule has 0 aromatic heterocycles. The molecule has 0 heterocycles. The average molecular weight is 903 g/mol. The summed E-state index contributed by atoms with van der Waals surface area (Å²) in [5, 5.41) is 0. The van der Waals surface area contributed by atoms with E-state index in [1.807, 2.05) is 0 Å². The first-order valence-corrected chi connectivity index (χ1v) is 25.7. The largest absolute Gasteiger partial charge is 0.493 e. The first-order valence-electron chi connectivity index (χ1n) is 25.7. The summed E-state index contributed by atoms with van der Waals surface area (Å²) in [7, 11) is 0. The number of carbonyl (C=O) groups is 5. The third kappa shape index (κ3) is 34.7. The fraction of sp³-hybridized carbons (Fsp3) is 0.792. The van der Waals surface area contributed by atoms with Crippen molar-refractivity contribution < 1.29 is 52.4 Å². The van der Waals surface area contributed by atoms with Gasteiger partial charge in [0, 0.05) is 49.1 Å². The van der Waals surface area contributed by atoms with E-state index >= 15 is 0 Å². The molecule has 11 heteroatoms. The number of unbranched alkanes of at least 4 members (excludes halogenated alkanes) is 18. The molecular weight excluding hydrogens is 813 g/mol. The highest BCUT2D eigenvalue weighted by Gasteiger charge is 2.17. The number of carbonyl (C=O) groups excluding carboxylic acids is 5. The maximum absolute atomic E-state index is 12.5. The van der Waals surface area contributed by atoms with Gasteiger partial charge in [0.1, 0.15) is 17.8 Å². The van der Waals surface area contributed by atoms with E-state index in [0.29, 0.717) is 68.8 Å². The van der Waals surface area contributed by atoms with Gasteiger partial charge in [-0.1, -0.05) is 130 Å². The molecule has 1 aromatic rings. The number of esters is 4. The summed E-state index contributed by atoms with van der Waals surface area (Å²) in [6.07, 6.45) is 28.0. The zero-order valence-corrected chi connectivity index (χ0v) is 40.9. The smallest absolute Gasteiger partial charge is 0.305 e. The first kappa shape index (κ1) is 58.4. The Labute approximate surface area is 388 Å². The van der Waals surface area contributed by atoms with E-state index in [1.54, 1.807) is 18.2 Å². The zero-order chi connectivity index (χ0) is 46.7. The van der Waals surface area contributed by atoms with Crippen LogP contribution < -0.4 is 9.47 Å². The summed E-state index contributed by atoms with van der Waals surface area (Å²) in [6.45, 7) is 10.4. The van der Waals surface area contributed by atoms with Crippen molar-refractivity contribution in [1.29, 1.82) is 0 Å². The molecule has 0 spiro atoms. The van der Waals surface area contributed by atoms with Gasteiger partial charge in [-0.25, -0.2) is 0 Å². The molecule has 0 bridgehead atoms. The topological polar surface area (TPSA) is 141 Å². The minimum atomic E-state index is -0.202. The Bertz CT molecular complexity index is 1180. The number of hydrogen-bond donors (Lipinski definition) is 0. The van der Waals surface area contributed by atoms with Crippen LogP contribution >= 0.6 is 0 Å². The van der Waals surface area contributed by atoms with Crippen molar-refractivity contribution in [1.82, 2.24) is 0 Å². The lowest BCUT2D eigenvalue weighted by Gasteiger charge is -2.18. The van der Waals surface area contributed by atoms with Crippen LogP contribution in [0, 0.1) is 11.8 Å². The number of aldehydes is 1. The third-order valence-electron chi connectivity index (χ3n) is 11.4. The standard InChI is InChI=1S/C53H90O11/c1-5-9-13-17-21-31-50(55)61-41-45(42-62-51(56)32-22-18-14-10-6-2)29-25-27-35-59-48-37-47(40-54)38-49(39-48)60-36-28-26-30-46(43-63-52(57)33-23-19-15-11-7-3)44-64-53(58)34-24-20-16-12-8-4/h37-40,45-46H,5-36,41-44H2,1-4H3. The second kappa shape index (κ2) is 42.0. The maximum Gasteiger partial charge on any atom is 0.305 e. The van der Waals surface area contributed by atoms with Gasteiger partial charge in [0.2, 0.25) is 0 Å². The molecule has 0 aliphatic heterocycles. The van der Waals surface area contributed by atoms with Gasteiger partial charge in [0.15, 0.2) is 0 Å². The van der Waals surface area contributed by atoms with Crippen LogP contribution in [0.15, 0.2) is 18.2 Å². The molecule has 0 fully saturated rings. The Morgan fingerprint density at radius 1 is 0.406 bits per heavy atom. The zero-order valence-electron chi connectivity index (χ0n) is 40.9. The lowest BCUT2D eigenvalue weighted by molar-refractivity contribution is -0.151. The Kier molecular flexibility index (Phi) is 38.3. The molecule has 0 saturated heterocycles. The van der Waals surface area contributed by atoms with Gasteiger partial charge in [0.25, 0.3) is 0 Å². The van der Waals surface area contributed by atoms with Crippen LogP contribution in [-0.2, 0) is 38.1 Å². The van der Waals surface area contributed by atoms with Crippen molar-refractivity contribution in [2.75, 3.05) is 39.6 Å². The number of benzene rings is 1. The fourth-order valence-corrected chi connectivity index (χ4v) is 7.33. The Hall–Kier alpha value is -3.63. The van der Waals surface area contributed by atoms with Gasteiger partial charge in [0.05, 0.1) is 39.6 Å². The van der Waals surface area contributed by atoms with Crippen LogP contribution in [0.25, 0.3) is 0 Å². The number of ether oxygens (including phenoxy) is 6. The molecule has 0 N–H and O–H groups in total. The van der Waals surface area contributed by atoms with Gasteiger partial charge in [-0.05, 0) is 76.3 Å². The van der Waals surface area contributed by atoms with E-state index in [2.05, 4.69) is 27.7 Å². The SMILES string of the molecule is CCCCCCCC(=O)OCC(CCCCOc1cc(C=O)cc(OCCCCC(COC(=O)CCCCCCC)COC(=O)CCCCCCC)c1)COC(=O)CCCCCCC. The third-order valence-corrected chi connectivity index (χ3v) is 11.4. The summed E-state index contributed by atoms with van der Waals surface area (Å²) >= 11 is 0. The van der Waals surface area contributed by atoms with Crippen LogP contribution in [0.5, 0.6) is 11.5 Å². The van der Waals surface area contributed by atoms with Gasteiger partial charge >= 0.3 is 23.9 Å². The number of hydrogen-bond acceptors (Lipinski definition) is 11. The molecule has 0 radical (unpaired) electrons. The van der Waals surface area contributed by atoms with E-state index in [0.717, 1.165) is 135 Å². The maximum atomic E-state index is 12.5. The van der Waals surface area contributed by atoms with Gasteiger partial charge in [-0.2, -0.15) is 0 Å². The molecule has 0 amide bonds. The second-order valence-electron chi connectivity index (χ2n) is 17.7. The van der Waals surface area contributed by atoms with Crippen LogP contribution in [0.2, 0.25) is 0 Å². The Balaban J connectivity index is 2.63. The van der Waals surface area contributed by atoms with Crippen LogP contribution in [0.1, 0.15) is 231 Å². The number of rotatable bonds is 45. The first-order chi connectivity index (χ1) is 31.2. The van der Waals surface area contributed by atoms with Crippen molar-refractivity contribution in [3.05, 3.63) is 23.8 Å². The molecule has 1 rings (SSSR count). The predicted octanol–water partition coefficient (Wildman–Crippen LogP) is 13.4. The van der Waals surface area contributed by atoms with E-state index in [4.69, 9.17) is 28.4 Å². The van der Waals surface area contributed by atoms with E-state index in [9.17, 15) is 24.0 Å². The van der Waals surface area contributed by atoms with Gasteiger partial charge in [-0.15, -0.1) is 0 Å². The quantitative estimate of drug-likeness (QED) is 0.0267. The molecule has 1 aromatic carbocycles. The van der Waals surface area contributed by atoms with Gasteiger partial charge in [-0.3, -0.25) is 24.0 Å². The summed E-state index contributed by atoms with van der Waals surface area (Å²) in [4.78, 5) is 61.6. The van der Waals surface area contributed by atoms with Crippen LogP contribution in [0.4, 0.5) is 0 Å². The van der Waals surface area contributed by atoms with Crippen molar-refractivity contribution in [2.24, 2.45) is 11.8 Å². The Morgan fingerprint density at radius 3 is 0.984 bits per heavy atom. The summed E-state index contributed by atoms with van der Waals surface area (Å²) < 4.78 is 34.6. The van der Waals surface area contributed by atoms with Gasteiger partial charge < -0.3 is 28.4 Å². The van der Waals surface area contributed by atoms with E-state index < -0.39 is 0 Å². The van der Waals surface area contributed by atoms with E-state index in [1.165, 1.54) is 25.7 Å². The summed E-state index contributed by atoms with van der Waals surface area (Å²) in [6, 6.07) is 5.16. The molecular formula is C53H90O11. The molecule has 0 aliphatic rings. The molecule has 11 nitrogen and oxygen atoms in total. The second-order valence-corrected chi connectivity index (χ2v) is 17.7. The molecule has 0 saturated carbocycles. The molecule has 0 aliphatic carbocycles. The summed E-state index contributed by atoms with van der Waals surface area (Å²) in [5.41, 5.74) is 0.450. The average Bonchev–Trinajstić information content (AvgIpc) is 3.29. The van der Waals surface area contributed by atoms with Crippen LogP contribution in [0.3, 0.4) is 0 Å². The van der Waals surface area contributed by atoms with Crippen LogP contribution in [-0.4, -0.2) is 69.8 Å². The predicted molar refractivity (Wildman–Crippen MR) is 255 cm³/mol. The highest BCUT2D eigenvalue weighted by atomic mass is 16.6. The van der Waals surface area contributed by atoms with Crippen molar-refractivity contribution >= 4 is 30.2 Å². The molecule has 0 unspecified atom stereocenters. The highest BCUT2D eigenvalue weighted by Crippen LogP contribution is 2.24. The van der Waals surface area contributed by atoms with Crippen molar-refractivity contribution in [3.63, 3.8) is 0 Å². The molecule has 64 heavy (non-hydrogen) atoms. The Morgan fingerprint density at radius 2 is 0.703 bits per heavy atom. The minimum absolute atomic E-state index is 0.0954. The van der Waals surface area contributed by atoms with Crippen molar-refractivity contribution in [2.45, 2.75) is 220 Å². The summed E-state index contributed by atoms with van der Waals surface area (Å²) in [5.74, 6) is 0.0788. The lowest BCUT2D eigenvalue weighted by atomic mass is 10.0. The normalized spacial score (nSPS) is 11.2. The molecule has 0 atom stereocenters. The van der Waals surface area contributed by atoms with E-state index in [-0.39, 0.29) is 62.1 Å². The monoisotopic (exact) mass is 903 g/mol. The molecule has 368 valence electrons. The fourth-order valence-electron chi connectivity index (χ4n) is 7.33. The lowest BCUT2D eigenvalue weighted by Crippen LogP contribution is -2.21. The van der Waals surface area contributed by atoms with Crippen molar-refractivity contribution in [3.8, 4) is 11.5 Å².